The van der Waals surface area contributed by atoms with Crippen molar-refractivity contribution in [3.63, 3.8) is 0 Å². The Hall–Kier alpha value is -1.84. The van der Waals surface area contributed by atoms with Crippen molar-refractivity contribution in [3.8, 4) is 0 Å². The van der Waals surface area contributed by atoms with Gasteiger partial charge in [-0.3, -0.25) is 9.59 Å². The van der Waals surface area contributed by atoms with Crippen molar-refractivity contribution in [1.82, 2.24) is 10.2 Å². The summed E-state index contributed by atoms with van der Waals surface area (Å²) in [6.45, 7) is 8.27. The molecule has 4 nitrogen and oxygen atoms in total. The van der Waals surface area contributed by atoms with Gasteiger partial charge < -0.3 is 10.2 Å². The monoisotopic (exact) mass is 316 g/mol. The van der Waals surface area contributed by atoms with E-state index in [1.165, 1.54) is 0 Å². The van der Waals surface area contributed by atoms with Crippen molar-refractivity contribution in [1.29, 1.82) is 0 Å². The molecule has 2 rings (SSSR count). The summed E-state index contributed by atoms with van der Waals surface area (Å²) in [5.74, 6) is 0.589. The van der Waals surface area contributed by atoms with Gasteiger partial charge in [-0.05, 0) is 51.2 Å². The van der Waals surface area contributed by atoms with Crippen LogP contribution in [0.2, 0.25) is 0 Å². The van der Waals surface area contributed by atoms with Gasteiger partial charge in [0.1, 0.15) is 0 Å². The Kier molecular flexibility index (Phi) is 6.20. The maximum Gasteiger partial charge on any atom is 0.253 e. The molecule has 23 heavy (non-hydrogen) atoms. The SMILES string of the molecule is CCCC(=O)NC[C@@H]1CCCN(C(=O)c2cc(C)cc(C)c2)C1. The molecule has 0 saturated carbocycles. The lowest BCUT2D eigenvalue weighted by Crippen LogP contribution is -2.43. The highest BCUT2D eigenvalue weighted by molar-refractivity contribution is 5.94. The van der Waals surface area contributed by atoms with Crippen LogP contribution < -0.4 is 5.32 Å². The number of nitrogens with one attached hydrogen (secondary N) is 1. The van der Waals surface area contributed by atoms with Crippen LogP contribution in [-0.4, -0.2) is 36.3 Å². The highest BCUT2D eigenvalue weighted by Gasteiger charge is 2.24. The van der Waals surface area contributed by atoms with E-state index in [2.05, 4.69) is 11.4 Å². The van der Waals surface area contributed by atoms with Crippen LogP contribution in [0.4, 0.5) is 0 Å². The molecule has 0 aliphatic carbocycles. The molecule has 126 valence electrons. The minimum absolute atomic E-state index is 0.112. The Bertz CT molecular complexity index is 548. The van der Waals surface area contributed by atoms with E-state index >= 15 is 0 Å². The molecule has 1 N–H and O–H groups in total. The number of carbonyl (C=O) groups is 2. The van der Waals surface area contributed by atoms with Gasteiger partial charge in [0.2, 0.25) is 5.91 Å². The van der Waals surface area contributed by atoms with Crippen LogP contribution in [0, 0.1) is 19.8 Å². The van der Waals surface area contributed by atoms with E-state index in [0.717, 1.165) is 49.0 Å². The Balaban J connectivity index is 1.94. The molecule has 4 heteroatoms. The first-order valence-electron chi connectivity index (χ1n) is 8.64. The topological polar surface area (TPSA) is 49.4 Å². The van der Waals surface area contributed by atoms with E-state index in [0.29, 0.717) is 18.9 Å². The first-order valence-corrected chi connectivity index (χ1v) is 8.64. The molecule has 1 aromatic rings. The van der Waals surface area contributed by atoms with Crippen molar-refractivity contribution in [2.75, 3.05) is 19.6 Å². The number of nitrogens with zero attached hydrogens (tertiary/aromatic N) is 1. The zero-order valence-corrected chi connectivity index (χ0v) is 14.5. The number of carbonyl (C=O) groups excluding carboxylic acids is 2. The fraction of sp³-hybridized carbons (Fsp3) is 0.579. The van der Waals surface area contributed by atoms with E-state index < -0.39 is 0 Å². The minimum atomic E-state index is 0.112. The van der Waals surface area contributed by atoms with E-state index in [1.807, 2.05) is 37.8 Å². The lowest BCUT2D eigenvalue weighted by atomic mass is 9.96. The summed E-state index contributed by atoms with van der Waals surface area (Å²) < 4.78 is 0. The Morgan fingerprint density at radius 2 is 1.91 bits per heavy atom. The van der Waals surface area contributed by atoms with Gasteiger partial charge in [-0.2, -0.15) is 0 Å². The number of hydrogen-bond donors (Lipinski definition) is 1. The largest absolute Gasteiger partial charge is 0.356 e. The molecule has 1 fully saturated rings. The van der Waals surface area contributed by atoms with Gasteiger partial charge in [-0.25, -0.2) is 0 Å². The van der Waals surface area contributed by atoms with Crippen molar-refractivity contribution >= 4 is 11.8 Å². The summed E-state index contributed by atoms with van der Waals surface area (Å²) in [6, 6.07) is 6.00. The van der Waals surface area contributed by atoms with Crippen LogP contribution in [0.15, 0.2) is 18.2 Å². The number of aryl methyl sites for hydroxylation is 2. The lowest BCUT2D eigenvalue weighted by Gasteiger charge is -2.33. The van der Waals surface area contributed by atoms with Gasteiger partial charge >= 0.3 is 0 Å². The fourth-order valence-corrected chi connectivity index (χ4v) is 3.27. The quantitative estimate of drug-likeness (QED) is 0.907. The molecule has 1 atom stereocenters. The number of amides is 2. The molecule has 1 saturated heterocycles. The van der Waals surface area contributed by atoms with Crippen molar-refractivity contribution in [3.05, 3.63) is 34.9 Å². The molecule has 0 unspecified atom stereocenters. The van der Waals surface area contributed by atoms with Gasteiger partial charge in [-0.15, -0.1) is 0 Å². The van der Waals surface area contributed by atoms with E-state index in [9.17, 15) is 9.59 Å². The molecular formula is C19H28N2O2. The van der Waals surface area contributed by atoms with Crippen molar-refractivity contribution in [2.24, 2.45) is 5.92 Å². The Morgan fingerprint density at radius 3 is 2.57 bits per heavy atom. The van der Waals surface area contributed by atoms with E-state index in [4.69, 9.17) is 0 Å². The molecule has 1 aromatic carbocycles. The van der Waals surface area contributed by atoms with Crippen LogP contribution in [0.1, 0.15) is 54.1 Å². The highest BCUT2D eigenvalue weighted by atomic mass is 16.2. The molecule has 0 spiro atoms. The zero-order chi connectivity index (χ0) is 16.8. The normalized spacial score (nSPS) is 17.9. The summed E-state index contributed by atoms with van der Waals surface area (Å²) in [5, 5.41) is 2.99. The summed E-state index contributed by atoms with van der Waals surface area (Å²) in [4.78, 5) is 26.3. The summed E-state index contributed by atoms with van der Waals surface area (Å²) in [6.07, 6.45) is 3.53. The number of likely N-dealkylation sites (tertiary alicyclic amines) is 1. The molecule has 1 aliphatic rings. The first-order chi connectivity index (χ1) is 11.0. The van der Waals surface area contributed by atoms with Gasteiger partial charge in [0.15, 0.2) is 0 Å². The maximum atomic E-state index is 12.7. The number of benzene rings is 1. The second-order valence-corrected chi connectivity index (χ2v) is 6.69. The van der Waals surface area contributed by atoms with Gasteiger partial charge in [0, 0.05) is 31.6 Å². The van der Waals surface area contributed by atoms with Crippen LogP contribution in [-0.2, 0) is 4.79 Å². The minimum Gasteiger partial charge on any atom is -0.356 e. The number of rotatable bonds is 5. The van der Waals surface area contributed by atoms with Crippen molar-refractivity contribution < 1.29 is 9.59 Å². The predicted molar refractivity (Wildman–Crippen MR) is 92.5 cm³/mol. The second-order valence-electron chi connectivity index (χ2n) is 6.69. The molecule has 2 amide bonds. The molecule has 0 aromatic heterocycles. The standard InChI is InChI=1S/C19H28N2O2/c1-4-6-18(22)20-12-16-7-5-8-21(13-16)19(23)17-10-14(2)9-15(3)11-17/h9-11,16H,4-8,12-13H2,1-3H3,(H,20,22)/t16-/m0/s1. The zero-order valence-electron chi connectivity index (χ0n) is 14.5. The third kappa shape index (κ3) is 5.08. The molecule has 1 aliphatic heterocycles. The molecule has 1 heterocycles. The lowest BCUT2D eigenvalue weighted by molar-refractivity contribution is -0.121. The second kappa shape index (κ2) is 8.14. The van der Waals surface area contributed by atoms with Gasteiger partial charge in [-0.1, -0.05) is 24.1 Å². The highest BCUT2D eigenvalue weighted by Crippen LogP contribution is 2.19. The average Bonchev–Trinajstić information content (AvgIpc) is 2.52. The molecule has 0 radical (unpaired) electrons. The summed E-state index contributed by atoms with van der Waals surface area (Å²) in [7, 11) is 0. The fourth-order valence-electron chi connectivity index (χ4n) is 3.27. The Morgan fingerprint density at radius 1 is 1.22 bits per heavy atom. The Labute approximate surface area is 139 Å². The summed E-state index contributed by atoms with van der Waals surface area (Å²) in [5.41, 5.74) is 3.01. The number of piperidine rings is 1. The smallest absolute Gasteiger partial charge is 0.253 e. The van der Waals surface area contributed by atoms with E-state index in [1.54, 1.807) is 0 Å². The van der Waals surface area contributed by atoms with Crippen molar-refractivity contribution in [2.45, 2.75) is 46.5 Å². The maximum absolute atomic E-state index is 12.7. The molecule has 0 bridgehead atoms. The average molecular weight is 316 g/mol. The third-order valence-corrected chi connectivity index (χ3v) is 4.34. The van der Waals surface area contributed by atoms with Crippen LogP contribution in [0.25, 0.3) is 0 Å². The third-order valence-electron chi connectivity index (χ3n) is 4.34. The molecular weight excluding hydrogens is 288 g/mol. The first kappa shape index (κ1) is 17.5. The van der Waals surface area contributed by atoms with Crippen LogP contribution in [0.5, 0.6) is 0 Å². The van der Waals surface area contributed by atoms with Crippen LogP contribution in [0.3, 0.4) is 0 Å². The van der Waals surface area contributed by atoms with Gasteiger partial charge in [0.05, 0.1) is 0 Å². The van der Waals surface area contributed by atoms with E-state index in [-0.39, 0.29) is 11.8 Å². The predicted octanol–water partition coefficient (Wildman–Crippen LogP) is 3.07. The summed E-state index contributed by atoms with van der Waals surface area (Å²) >= 11 is 0. The van der Waals surface area contributed by atoms with Crippen LogP contribution >= 0.6 is 0 Å². The number of hydrogen-bond acceptors (Lipinski definition) is 2. The van der Waals surface area contributed by atoms with Gasteiger partial charge in [0.25, 0.3) is 5.91 Å².